The molecule has 0 bridgehead atoms. The number of aromatic nitrogens is 1. The van der Waals surface area contributed by atoms with E-state index in [1.54, 1.807) is 11.3 Å². The molecule has 0 radical (unpaired) electrons. The molecule has 1 heterocycles. The normalized spacial score (nSPS) is 28.1. The highest BCUT2D eigenvalue weighted by Gasteiger charge is 2.25. The van der Waals surface area contributed by atoms with Crippen molar-refractivity contribution in [2.24, 2.45) is 11.7 Å². The van der Waals surface area contributed by atoms with Crippen molar-refractivity contribution < 1.29 is 0 Å². The highest BCUT2D eigenvalue weighted by Crippen LogP contribution is 2.25. The highest BCUT2D eigenvalue weighted by atomic mass is 32.1. The molecular weight excluding hydrogens is 170 g/mol. The topological polar surface area (TPSA) is 50.9 Å². The Hall–Kier alpha value is -0.610. The zero-order valence-corrected chi connectivity index (χ0v) is 7.68. The lowest BCUT2D eigenvalue weighted by Gasteiger charge is -2.32. The van der Waals surface area contributed by atoms with E-state index >= 15 is 0 Å². The van der Waals surface area contributed by atoms with Crippen molar-refractivity contribution in [2.45, 2.75) is 18.9 Å². The van der Waals surface area contributed by atoms with Gasteiger partial charge in [0.2, 0.25) is 0 Å². The van der Waals surface area contributed by atoms with Crippen LogP contribution in [0.5, 0.6) is 0 Å². The number of hydrogen-bond acceptors (Lipinski definition) is 4. The Morgan fingerprint density at radius 2 is 2.50 bits per heavy atom. The second kappa shape index (κ2) is 3.41. The molecule has 1 aromatic heterocycles. The highest BCUT2D eigenvalue weighted by molar-refractivity contribution is 7.13. The summed E-state index contributed by atoms with van der Waals surface area (Å²) in [4.78, 5) is 4.14. The first-order chi connectivity index (χ1) is 5.84. The first kappa shape index (κ1) is 8.01. The Bertz CT molecular complexity index is 228. The molecular formula is C8H13N3S. The molecule has 3 N–H and O–H groups in total. The molecule has 12 heavy (non-hydrogen) atoms. The molecule has 0 unspecified atom stereocenters. The van der Waals surface area contributed by atoms with Crippen LogP contribution in [0.15, 0.2) is 11.6 Å². The molecule has 0 saturated heterocycles. The Balaban J connectivity index is 1.70. The lowest BCUT2D eigenvalue weighted by molar-refractivity contribution is 0.280. The van der Waals surface area contributed by atoms with Crippen LogP contribution in [0.1, 0.15) is 12.8 Å². The van der Waals surface area contributed by atoms with Crippen LogP contribution in [0.25, 0.3) is 0 Å². The molecule has 0 spiro atoms. The van der Waals surface area contributed by atoms with E-state index in [1.807, 2.05) is 11.6 Å². The van der Waals surface area contributed by atoms with Crippen LogP contribution in [0, 0.1) is 5.92 Å². The minimum absolute atomic E-state index is 0.452. The molecule has 0 amide bonds. The van der Waals surface area contributed by atoms with Crippen molar-refractivity contribution in [3.8, 4) is 0 Å². The Morgan fingerprint density at radius 1 is 1.67 bits per heavy atom. The largest absolute Gasteiger partial charge is 0.361 e. The van der Waals surface area contributed by atoms with Crippen molar-refractivity contribution in [3.63, 3.8) is 0 Å². The Kier molecular flexibility index (Phi) is 2.28. The molecule has 2 rings (SSSR count). The fourth-order valence-corrected chi connectivity index (χ4v) is 2.04. The summed E-state index contributed by atoms with van der Waals surface area (Å²) >= 11 is 1.65. The number of rotatable bonds is 3. The van der Waals surface area contributed by atoms with E-state index < -0.39 is 0 Å². The average molecular weight is 183 g/mol. The average Bonchev–Trinajstić information content (AvgIpc) is 2.47. The van der Waals surface area contributed by atoms with Gasteiger partial charge in [-0.25, -0.2) is 4.98 Å². The third kappa shape index (κ3) is 1.76. The SMILES string of the molecule is NC1CC(CNc2nccs2)C1. The molecule has 0 aliphatic heterocycles. The maximum absolute atomic E-state index is 5.68. The van der Waals surface area contributed by atoms with Crippen LogP contribution < -0.4 is 11.1 Å². The van der Waals surface area contributed by atoms with Gasteiger partial charge in [0.15, 0.2) is 5.13 Å². The molecule has 0 aromatic carbocycles. The molecule has 1 aliphatic carbocycles. The maximum atomic E-state index is 5.68. The maximum Gasteiger partial charge on any atom is 0.182 e. The van der Waals surface area contributed by atoms with Gasteiger partial charge in [-0.3, -0.25) is 0 Å². The van der Waals surface area contributed by atoms with Gasteiger partial charge in [-0.15, -0.1) is 11.3 Å². The van der Waals surface area contributed by atoms with Crippen molar-refractivity contribution in [1.82, 2.24) is 4.98 Å². The summed E-state index contributed by atoms with van der Waals surface area (Å²) in [5.41, 5.74) is 5.68. The first-order valence-electron chi connectivity index (χ1n) is 4.23. The van der Waals surface area contributed by atoms with E-state index in [-0.39, 0.29) is 0 Å². The predicted molar refractivity (Wildman–Crippen MR) is 51.3 cm³/mol. The summed E-state index contributed by atoms with van der Waals surface area (Å²) in [5.74, 6) is 0.767. The fourth-order valence-electron chi connectivity index (χ4n) is 1.50. The summed E-state index contributed by atoms with van der Waals surface area (Å²) in [7, 11) is 0. The van der Waals surface area contributed by atoms with Crippen LogP contribution >= 0.6 is 11.3 Å². The zero-order valence-electron chi connectivity index (χ0n) is 6.86. The van der Waals surface area contributed by atoms with Gasteiger partial charge in [0.25, 0.3) is 0 Å². The van der Waals surface area contributed by atoms with Gasteiger partial charge in [0.05, 0.1) is 0 Å². The Labute approximate surface area is 76.0 Å². The van der Waals surface area contributed by atoms with Gasteiger partial charge in [-0.1, -0.05) is 0 Å². The number of nitrogens with zero attached hydrogens (tertiary/aromatic N) is 1. The fraction of sp³-hybridized carbons (Fsp3) is 0.625. The number of nitrogens with two attached hydrogens (primary N) is 1. The van der Waals surface area contributed by atoms with Gasteiger partial charge in [-0.05, 0) is 18.8 Å². The lowest BCUT2D eigenvalue weighted by atomic mass is 9.81. The van der Waals surface area contributed by atoms with Gasteiger partial charge >= 0.3 is 0 Å². The van der Waals surface area contributed by atoms with E-state index in [0.717, 1.165) is 17.6 Å². The van der Waals surface area contributed by atoms with E-state index in [1.165, 1.54) is 12.8 Å². The van der Waals surface area contributed by atoms with E-state index in [2.05, 4.69) is 10.3 Å². The standard InChI is InChI=1S/C8H13N3S/c9-7-3-6(4-7)5-11-8-10-1-2-12-8/h1-2,6-7H,3-5,9H2,(H,10,11). The van der Waals surface area contributed by atoms with Crippen molar-refractivity contribution in [1.29, 1.82) is 0 Å². The minimum Gasteiger partial charge on any atom is -0.361 e. The van der Waals surface area contributed by atoms with Crippen molar-refractivity contribution in [3.05, 3.63) is 11.6 Å². The monoisotopic (exact) mass is 183 g/mol. The first-order valence-corrected chi connectivity index (χ1v) is 5.11. The van der Waals surface area contributed by atoms with Crippen LogP contribution in [-0.2, 0) is 0 Å². The molecule has 1 aromatic rings. The summed E-state index contributed by atoms with van der Waals surface area (Å²) in [6, 6.07) is 0.452. The number of hydrogen-bond donors (Lipinski definition) is 2. The predicted octanol–water partition coefficient (Wildman–Crippen LogP) is 1.29. The summed E-state index contributed by atoms with van der Waals surface area (Å²) in [6.07, 6.45) is 4.15. The molecule has 1 fully saturated rings. The van der Waals surface area contributed by atoms with Crippen LogP contribution in [0.2, 0.25) is 0 Å². The molecule has 4 heteroatoms. The van der Waals surface area contributed by atoms with Crippen LogP contribution in [0.4, 0.5) is 5.13 Å². The summed E-state index contributed by atoms with van der Waals surface area (Å²) in [5, 5.41) is 6.30. The van der Waals surface area contributed by atoms with Gasteiger partial charge in [-0.2, -0.15) is 0 Å². The third-order valence-corrected chi connectivity index (χ3v) is 2.98. The van der Waals surface area contributed by atoms with Crippen molar-refractivity contribution >= 4 is 16.5 Å². The Morgan fingerprint density at radius 3 is 3.08 bits per heavy atom. The summed E-state index contributed by atoms with van der Waals surface area (Å²) < 4.78 is 0. The molecule has 1 aliphatic rings. The van der Waals surface area contributed by atoms with Crippen LogP contribution in [0.3, 0.4) is 0 Å². The minimum atomic E-state index is 0.452. The second-order valence-corrected chi connectivity index (χ2v) is 4.21. The molecule has 1 saturated carbocycles. The number of anilines is 1. The summed E-state index contributed by atoms with van der Waals surface area (Å²) in [6.45, 7) is 1.03. The van der Waals surface area contributed by atoms with E-state index in [0.29, 0.717) is 6.04 Å². The molecule has 66 valence electrons. The lowest BCUT2D eigenvalue weighted by Crippen LogP contribution is -2.39. The van der Waals surface area contributed by atoms with E-state index in [4.69, 9.17) is 5.73 Å². The van der Waals surface area contributed by atoms with Gasteiger partial charge in [0, 0.05) is 24.2 Å². The quantitative estimate of drug-likeness (QED) is 0.742. The second-order valence-electron chi connectivity index (χ2n) is 3.32. The molecule has 0 atom stereocenters. The van der Waals surface area contributed by atoms with Crippen molar-refractivity contribution in [2.75, 3.05) is 11.9 Å². The zero-order chi connectivity index (χ0) is 8.39. The smallest absolute Gasteiger partial charge is 0.182 e. The van der Waals surface area contributed by atoms with Gasteiger partial charge < -0.3 is 11.1 Å². The van der Waals surface area contributed by atoms with E-state index in [9.17, 15) is 0 Å². The third-order valence-electron chi connectivity index (χ3n) is 2.25. The number of thiazole rings is 1. The molecule has 3 nitrogen and oxygen atoms in total. The van der Waals surface area contributed by atoms with Gasteiger partial charge in [0.1, 0.15) is 0 Å². The van der Waals surface area contributed by atoms with Crippen LogP contribution in [-0.4, -0.2) is 17.6 Å². The number of nitrogens with one attached hydrogen (secondary N) is 1.